The van der Waals surface area contributed by atoms with Crippen molar-refractivity contribution in [3.05, 3.63) is 59.9 Å². The summed E-state index contributed by atoms with van der Waals surface area (Å²) in [5.41, 5.74) is 1.09. The number of ether oxygens (including phenoxy) is 2. The first-order valence-corrected chi connectivity index (χ1v) is 12.1. The first-order chi connectivity index (χ1) is 17.0. The first kappa shape index (κ1) is 26.0. The van der Waals surface area contributed by atoms with Gasteiger partial charge in [0.1, 0.15) is 17.5 Å². The molecule has 0 saturated carbocycles. The van der Waals surface area contributed by atoms with Gasteiger partial charge in [-0.25, -0.2) is 0 Å². The molecule has 0 saturated heterocycles. The summed E-state index contributed by atoms with van der Waals surface area (Å²) < 4.78 is 12.3. The van der Waals surface area contributed by atoms with Crippen LogP contribution in [0.4, 0.5) is 5.69 Å². The van der Waals surface area contributed by atoms with E-state index in [1.165, 1.54) is 11.8 Å². The molecule has 1 atom stereocenters. The fraction of sp³-hybridized carbons (Fsp3) is 0.333. The van der Waals surface area contributed by atoms with Gasteiger partial charge in [-0.05, 0) is 62.4 Å². The van der Waals surface area contributed by atoms with Crippen LogP contribution in [0.2, 0.25) is 0 Å². The maximum absolute atomic E-state index is 12.7. The van der Waals surface area contributed by atoms with Crippen LogP contribution in [0.5, 0.6) is 11.5 Å². The van der Waals surface area contributed by atoms with Gasteiger partial charge >= 0.3 is 0 Å². The Kier molecular flexibility index (Phi) is 9.50. The summed E-state index contributed by atoms with van der Waals surface area (Å²) in [6.07, 6.45) is 0. The van der Waals surface area contributed by atoms with Gasteiger partial charge in [0.2, 0.25) is 5.91 Å². The minimum atomic E-state index is -0.760. The van der Waals surface area contributed by atoms with Crippen molar-refractivity contribution in [1.29, 1.82) is 0 Å². The van der Waals surface area contributed by atoms with Crippen molar-refractivity contribution in [3.8, 4) is 11.5 Å². The van der Waals surface area contributed by atoms with E-state index in [2.05, 4.69) is 20.8 Å². The number of carbonyl (C=O) groups excluding carboxylic acids is 2. The van der Waals surface area contributed by atoms with Crippen molar-refractivity contribution >= 4 is 29.3 Å². The van der Waals surface area contributed by atoms with E-state index in [1.54, 1.807) is 60.2 Å². The maximum atomic E-state index is 12.7. The van der Waals surface area contributed by atoms with Crippen LogP contribution in [0.25, 0.3) is 0 Å². The molecule has 3 N–H and O–H groups in total. The minimum Gasteiger partial charge on any atom is -0.497 e. The van der Waals surface area contributed by atoms with Crippen LogP contribution in [0.15, 0.2) is 53.7 Å². The summed E-state index contributed by atoms with van der Waals surface area (Å²) in [7, 11) is 1.55. The molecule has 0 aliphatic heterocycles. The second-order valence-corrected chi connectivity index (χ2v) is 8.26. The second-order valence-electron chi connectivity index (χ2n) is 7.32. The van der Waals surface area contributed by atoms with Gasteiger partial charge in [-0.3, -0.25) is 9.59 Å². The number of hydrogen-bond donors (Lipinski definition) is 3. The standard InChI is InChI=1S/C24H29N5O5S/c1-4-29-22(20(14-30)26-23(32)16-6-10-18(33-3)11-7-16)27-28-24(29)35-15-21(31)25-17-8-12-19(13-9-17)34-5-2/h6-13,20,30H,4-5,14-15H2,1-3H3,(H,25,31)(H,26,32)/t20-/m0/s1. The molecular formula is C24H29N5O5S. The lowest BCUT2D eigenvalue weighted by Gasteiger charge is -2.17. The second kappa shape index (κ2) is 12.8. The van der Waals surface area contributed by atoms with Gasteiger partial charge in [-0.1, -0.05) is 11.8 Å². The fourth-order valence-corrected chi connectivity index (χ4v) is 4.08. The van der Waals surface area contributed by atoms with Gasteiger partial charge < -0.3 is 29.8 Å². The third-order valence-electron chi connectivity index (χ3n) is 4.99. The molecule has 11 heteroatoms. The van der Waals surface area contributed by atoms with Gasteiger partial charge in [0.15, 0.2) is 11.0 Å². The molecule has 3 rings (SSSR count). The molecule has 0 fully saturated rings. The van der Waals surface area contributed by atoms with E-state index >= 15 is 0 Å². The van der Waals surface area contributed by atoms with E-state index in [0.29, 0.717) is 41.1 Å². The minimum absolute atomic E-state index is 0.118. The lowest BCUT2D eigenvalue weighted by atomic mass is 10.2. The van der Waals surface area contributed by atoms with E-state index < -0.39 is 6.04 Å². The molecule has 0 unspecified atom stereocenters. The average molecular weight is 500 g/mol. The van der Waals surface area contributed by atoms with Crippen LogP contribution < -0.4 is 20.1 Å². The number of methoxy groups -OCH3 is 1. The first-order valence-electron chi connectivity index (χ1n) is 11.1. The number of rotatable bonds is 12. The Labute approximate surface area is 208 Å². The monoisotopic (exact) mass is 499 g/mol. The molecule has 1 aromatic heterocycles. The van der Waals surface area contributed by atoms with Crippen molar-refractivity contribution in [3.63, 3.8) is 0 Å². The smallest absolute Gasteiger partial charge is 0.251 e. The molecule has 0 radical (unpaired) electrons. The molecule has 3 aromatic rings. The van der Waals surface area contributed by atoms with Gasteiger partial charge in [-0.2, -0.15) is 0 Å². The summed E-state index contributed by atoms with van der Waals surface area (Å²) in [6.45, 7) is 4.52. The summed E-state index contributed by atoms with van der Waals surface area (Å²) in [5, 5.41) is 24.4. The van der Waals surface area contributed by atoms with Crippen LogP contribution in [-0.4, -0.2) is 57.8 Å². The van der Waals surface area contributed by atoms with Crippen LogP contribution >= 0.6 is 11.8 Å². The highest BCUT2D eigenvalue weighted by atomic mass is 32.2. The van der Waals surface area contributed by atoms with E-state index in [-0.39, 0.29) is 24.2 Å². The Morgan fingerprint density at radius 2 is 1.74 bits per heavy atom. The zero-order chi connectivity index (χ0) is 25.2. The van der Waals surface area contributed by atoms with Crippen molar-refractivity contribution < 1.29 is 24.2 Å². The number of aliphatic hydroxyl groups is 1. The van der Waals surface area contributed by atoms with Gasteiger partial charge in [-0.15, -0.1) is 10.2 Å². The number of anilines is 1. The number of aromatic nitrogens is 3. The number of nitrogens with zero attached hydrogens (tertiary/aromatic N) is 3. The van der Waals surface area contributed by atoms with E-state index in [4.69, 9.17) is 9.47 Å². The topological polar surface area (TPSA) is 128 Å². The predicted octanol–water partition coefficient (Wildman–Crippen LogP) is 2.90. The molecule has 1 heterocycles. The Morgan fingerprint density at radius 1 is 1.06 bits per heavy atom. The number of amides is 2. The van der Waals surface area contributed by atoms with E-state index in [9.17, 15) is 14.7 Å². The van der Waals surface area contributed by atoms with Crippen molar-refractivity contribution in [2.45, 2.75) is 31.6 Å². The molecule has 0 spiro atoms. The van der Waals surface area contributed by atoms with Crippen molar-refractivity contribution in [2.75, 3.05) is 31.4 Å². The van der Waals surface area contributed by atoms with Crippen molar-refractivity contribution in [2.24, 2.45) is 0 Å². The lowest BCUT2D eigenvalue weighted by molar-refractivity contribution is -0.113. The number of hydrogen-bond acceptors (Lipinski definition) is 8. The lowest BCUT2D eigenvalue weighted by Crippen LogP contribution is -2.32. The van der Waals surface area contributed by atoms with Crippen LogP contribution in [0.1, 0.15) is 36.1 Å². The Hall–Kier alpha value is -3.57. The van der Waals surface area contributed by atoms with E-state index in [1.807, 2.05) is 13.8 Å². The highest BCUT2D eigenvalue weighted by molar-refractivity contribution is 7.99. The Bertz CT molecular complexity index is 1120. The predicted molar refractivity (Wildman–Crippen MR) is 133 cm³/mol. The molecule has 10 nitrogen and oxygen atoms in total. The highest BCUT2D eigenvalue weighted by Crippen LogP contribution is 2.22. The van der Waals surface area contributed by atoms with Crippen molar-refractivity contribution in [1.82, 2.24) is 20.1 Å². The average Bonchev–Trinajstić information content (AvgIpc) is 3.30. The number of thioether (sulfide) groups is 1. The SMILES string of the molecule is CCOc1ccc(NC(=O)CSc2nnc([C@H](CO)NC(=O)c3ccc(OC)cc3)n2CC)cc1. The summed E-state index contributed by atoms with van der Waals surface area (Å²) in [6, 6.07) is 13.0. The van der Waals surface area contributed by atoms with Crippen LogP contribution in [0, 0.1) is 0 Å². The quantitative estimate of drug-likeness (QED) is 0.325. The molecule has 0 bridgehead atoms. The molecule has 2 aromatic carbocycles. The zero-order valence-corrected chi connectivity index (χ0v) is 20.7. The zero-order valence-electron chi connectivity index (χ0n) is 19.9. The number of nitrogens with one attached hydrogen (secondary N) is 2. The van der Waals surface area contributed by atoms with Crippen LogP contribution in [0.3, 0.4) is 0 Å². The summed E-state index contributed by atoms with van der Waals surface area (Å²) >= 11 is 1.22. The largest absolute Gasteiger partial charge is 0.497 e. The van der Waals surface area contributed by atoms with Gasteiger partial charge in [0.25, 0.3) is 5.91 Å². The van der Waals surface area contributed by atoms with E-state index in [0.717, 1.165) is 5.75 Å². The summed E-state index contributed by atoms with van der Waals surface area (Å²) in [4.78, 5) is 25.1. The highest BCUT2D eigenvalue weighted by Gasteiger charge is 2.23. The molecule has 0 aliphatic carbocycles. The Balaban J connectivity index is 1.62. The third kappa shape index (κ3) is 6.96. The number of carbonyl (C=O) groups is 2. The molecule has 2 amide bonds. The fourth-order valence-electron chi connectivity index (χ4n) is 3.27. The third-order valence-corrected chi connectivity index (χ3v) is 5.96. The number of benzene rings is 2. The molecule has 186 valence electrons. The van der Waals surface area contributed by atoms with Gasteiger partial charge in [0, 0.05) is 17.8 Å². The maximum Gasteiger partial charge on any atom is 0.251 e. The number of aliphatic hydroxyl groups excluding tert-OH is 1. The molecular weight excluding hydrogens is 470 g/mol. The molecule has 35 heavy (non-hydrogen) atoms. The summed E-state index contributed by atoms with van der Waals surface area (Å²) in [5.74, 6) is 1.35. The molecule has 0 aliphatic rings. The normalized spacial score (nSPS) is 11.5. The van der Waals surface area contributed by atoms with Crippen LogP contribution in [-0.2, 0) is 11.3 Å². The Morgan fingerprint density at radius 3 is 2.34 bits per heavy atom. The van der Waals surface area contributed by atoms with Gasteiger partial charge in [0.05, 0.1) is 26.1 Å².